The Bertz CT molecular complexity index is 422. The van der Waals surface area contributed by atoms with Crippen LogP contribution in [0.1, 0.15) is 31.9 Å². The average molecular weight is 314 g/mol. The van der Waals surface area contributed by atoms with E-state index in [1.165, 1.54) is 0 Å². The first-order valence-electron chi connectivity index (χ1n) is 6.32. The van der Waals surface area contributed by atoms with Crippen molar-refractivity contribution in [3.63, 3.8) is 0 Å². The summed E-state index contributed by atoms with van der Waals surface area (Å²) in [6.45, 7) is 4.72. The molecule has 100 valence electrons. The molecule has 1 saturated heterocycles. The van der Waals surface area contributed by atoms with Crippen molar-refractivity contribution in [1.82, 2.24) is 0 Å². The number of aliphatic hydroxyl groups is 1. The number of likely N-dealkylation sites (N-methyl/N-ethyl adjacent to an activating group) is 1. The lowest BCUT2D eigenvalue weighted by Crippen LogP contribution is -2.37. The second-order valence-corrected chi connectivity index (χ2v) is 5.84. The Labute approximate surface area is 117 Å². The van der Waals surface area contributed by atoms with Gasteiger partial charge in [-0.25, -0.2) is 0 Å². The summed E-state index contributed by atoms with van der Waals surface area (Å²) in [5.74, 6) is 0. The number of nitrogens with zero attached hydrogens (tertiary/aromatic N) is 1. The topological polar surface area (TPSA) is 32.7 Å². The third kappa shape index (κ3) is 2.71. The molecule has 18 heavy (non-hydrogen) atoms. The van der Waals surface area contributed by atoms with Crippen LogP contribution in [0.3, 0.4) is 0 Å². The number of hydrogen-bond donors (Lipinski definition) is 1. The Morgan fingerprint density at radius 3 is 2.78 bits per heavy atom. The molecule has 1 aliphatic heterocycles. The van der Waals surface area contributed by atoms with Crippen molar-refractivity contribution in [2.75, 3.05) is 18.6 Å². The van der Waals surface area contributed by atoms with Gasteiger partial charge in [-0.2, -0.15) is 0 Å². The van der Waals surface area contributed by atoms with Crippen molar-refractivity contribution in [2.45, 2.75) is 38.5 Å². The summed E-state index contributed by atoms with van der Waals surface area (Å²) in [5, 5.41) is 9.88. The minimum absolute atomic E-state index is 0.232. The van der Waals surface area contributed by atoms with Gasteiger partial charge in [-0.1, -0.05) is 22.0 Å². The average Bonchev–Trinajstić information content (AvgIpc) is 2.74. The van der Waals surface area contributed by atoms with Gasteiger partial charge in [-0.3, -0.25) is 0 Å². The minimum Gasteiger partial charge on any atom is -0.389 e. The molecule has 3 nitrogen and oxygen atoms in total. The van der Waals surface area contributed by atoms with Gasteiger partial charge >= 0.3 is 0 Å². The molecule has 1 N–H and O–H groups in total. The summed E-state index contributed by atoms with van der Waals surface area (Å²) < 4.78 is 6.65. The largest absolute Gasteiger partial charge is 0.389 e. The predicted molar refractivity (Wildman–Crippen MR) is 77.0 cm³/mol. The number of ether oxygens (including phenoxy) is 1. The molecule has 0 aliphatic carbocycles. The van der Waals surface area contributed by atoms with Crippen LogP contribution >= 0.6 is 15.9 Å². The van der Waals surface area contributed by atoms with Gasteiger partial charge in [0.2, 0.25) is 0 Å². The zero-order valence-electron chi connectivity index (χ0n) is 11.1. The maximum Gasteiger partial charge on any atom is 0.0782 e. The van der Waals surface area contributed by atoms with Crippen molar-refractivity contribution in [1.29, 1.82) is 0 Å². The van der Waals surface area contributed by atoms with E-state index in [2.05, 4.69) is 40.9 Å². The van der Waals surface area contributed by atoms with Crippen LogP contribution in [-0.2, 0) is 4.74 Å². The van der Waals surface area contributed by atoms with Crippen molar-refractivity contribution in [3.05, 3.63) is 28.2 Å². The van der Waals surface area contributed by atoms with E-state index >= 15 is 0 Å². The molecule has 3 unspecified atom stereocenters. The lowest BCUT2D eigenvalue weighted by atomic mass is 10.0. The van der Waals surface area contributed by atoms with E-state index in [0.29, 0.717) is 6.04 Å². The smallest absolute Gasteiger partial charge is 0.0782 e. The van der Waals surface area contributed by atoms with E-state index in [9.17, 15) is 5.11 Å². The molecule has 1 aromatic rings. The maximum absolute atomic E-state index is 9.88. The highest BCUT2D eigenvalue weighted by Crippen LogP contribution is 2.32. The number of anilines is 1. The van der Waals surface area contributed by atoms with Crippen LogP contribution in [0.25, 0.3) is 0 Å². The van der Waals surface area contributed by atoms with Gasteiger partial charge in [-0.15, -0.1) is 0 Å². The highest BCUT2D eigenvalue weighted by molar-refractivity contribution is 9.10. The van der Waals surface area contributed by atoms with Crippen LogP contribution in [0.5, 0.6) is 0 Å². The first-order chi connectivity index (χ1) is 8.50. The van der Waals surface area contributed by atoms with E-state index < -0.39 is 6.10 Å². The molecule has 1 aromatic carbocycles. The summed E-state index contributed by atoms with van der Waals surface area (Å²) in [4.78, 5) is 2.23. The molecular formula is C14H20BrNO2. The molecule has 1 aliphatic rings. The van der Waals surface area contributed by atoms with Crippen LogP contribution < -0.4 is 4.90 Å². The molecule has 0 radical (unpaired) electrons. The second-order valence-electron chi connectivity index (χ2n) is 4.92. The van der Waals surface area contributed by atoms with Gasteiger partial charge in [0, 0.05) is 29.4 Å². The van der Waals surface area contributed by atoms with Gasteiger partial charge in [0.05, 0.1) is 18.2 Å². The van der Waals surface area contributed by atoms with Crippen LogP contribution in [-0.4, -0.2) is 30.9 Å². The van der Waals surface area contributed by atoms with E-state index in [1.807, 2.05) is 12.1 Å². The lowest BCUT2D eigenvalue weighted by molar-refractivity contribution is 0.118. The molecule has 3 atom stereocenters. The molecule has 4 heteroatoms. The summed E-state index contributed by atoms with van der Waals surface area (Å²) in [6, 6.07) is 6.37. The Kier molecular flexibility index (Phi) is 4.30. The highest BCUT2D eigenvalue weighted by Gasteiger charge is 2.29. The standard InChI is InChI=1S/C14H20BrNO2/c1-9(17)12-5-4-11(15)8-14(12)16(3)13-6-7-18-10(13)2/h4-5,8-10,13,17H,6-7H2,1-3H3. The summed E-state index contributed by atoms with van der Waals surface area (Å²) >= 11 is 3.50. The first-order valence-corrected chi connectivity index (χ1v) is 7.12. The fraction of sp³-hybridized carbons (Fsp3) is 0.571. The van der Waals surface area contributed by atoms with E-state index in [0.717, 1.165) is 28.8 Å². The number of rotatable bonds is 3. The molecule has 1 fully saturated rings. The van der Waals surface area contributed by atoms with Crippen molar-refractivity contribution >= 4 is 21.6 Å². The summed E-state index contributed by atoms with van der Waals surface area (Å²) in [5.41, 5.74) is 2.03. The van der Waals surface area contributed by atoms with Crippen molar-refractivity contribution in [2.24, 2.45) is 0 Å². The van der Waals surface area contributed by atoms with Gasteiger partial charge < -0.3 is 14.7 Å². The Hall–Kier alpha value is -0.580. The van der Waals surface area contributed by atoms with E-state index in [4.69, 9.17) is 4.74 Å². The highest BCUT2D eigenvalue weighted by atomic mass is 79.9. The Balaban J connectivity index is 2.33. The molecule has 0 amide bonds. The predicted octanol–water partition coefficient (Wildman–Crippen LogP) is 3.12. The maximum atomic E-state index is 9.88. The van der Waals surface area contributed by atoms with Gasteiger partial charge in [-0.05, 0) is 32.4 Å². The quantitative estimate of drug-likeness (QED) is 0.930. The van der Waals surface area contributed by atoms with Crippen molar-refractivity contribution in [3.8, 4) is 0 Å². The third-order valence-electron chi connectivity index (χ3n) is 3.66. The van der Waals surface area contributed by atoms with Crippen LogP contribution in [0.4, 0.5) is 5.69 Å². The first kappa shape index (κ1) is 13.8. The molecule has 1 heterocycles. The molecule has 0 aromatic heterocycles. The fourth-order valence-electron chi connectivity index (χ4n) is 2.58. The molecular weight excluding hydrogens is 294 g/mol. The minimum atomic E-state index is -0.465. The van der Waals surface area contributed by atoms with Gasteiger partial charge in [0.25, 0.3) is 0 Å². The molecule has 0 spiro atoms. The number of aliphatic hydroxyl groups excluding tert-OH is 1. The summed E-state index contributed by atoms with van der Waals surface area (Å²) in [6.07, 6.45) is 0.799. The number of hydrogen-bond acceptors (Lipinski definition) is 3. The van der Waals surface area contributed by atoms with Crippen LogP contribution in [0.2, 0.25) is 0 Å². The molecule has 0 bridgehead atoms. The van der Waals surface area contributed by atoms with E-state index in [1.54, 1.807) is 6.92 Å². The van der Waals surface area contributed by atoms with Gasteiger partial charge in [0.15, 0.2) is 0 Å². The Morgan fingerprint density at radius 1 is 1.50 bits per heavy atom. The number of halogens is 1. The van der Waals surface area contributed by atoms with E-state index in [-0.39, 0.29) is 6.10 Å². The van der Waals surface area contributed by atoms with Gasteiger partial charge in [0.1, 0.15) is 0 Å². The number of benzene rings is 1. The third-order valence-corrected chi connectivity index (χ3v) is 4.15. The Morgan fingerprint density at radius 2 is 2.22 bits per heavy atom. The lowest BCUT2D eigenvalue weighted by Gasteiger charge is -2.31. The normalized spacial score (nSPS) is 25.2. The van der Waals surface area contributed by atoms with Crippen LogP contribution in [0.15, 0.2) is 22.7 Å². The summed E-state index contributed by atoms with van der Waals surface area (Å²) in [7, 11) is 2.07. The zero-order valence-corrected chi connectivity index (χ0v) is 12.6. The second kappa shape index (κ2) is 5.59. The SMILES string of the molecule is CC(O)c1ccc(Br)cc1N(C)C1CCOC1C. The van der Waals surface area contributed by atoms with Crippen LogP contribution in [0, 0.1) is 0 Å². The monoisotopic (exact) mass is 313 g/mol. The molecule has 2 rings (SSSR count). The fourth-order valence-corrected chi connectivity index (χ4v) is 2.93. The molecule has 0 saturated carbocycles. The zero-order chi connectivity index (χ0) is 13.3. The van der Waals surface area contributed by atoms with Crippen molar-refractivity contribution < 1.29 is 9.84 Å².